The lowest BCUT2D eigenvalue weighted by molar-refractivity contribution is -0.147. The molecule has 0 heterocycles. The molecule has 0 aliphatic carbocycles. The molecule has 0 aliphatic rings. The van der Waals surface area contributed by atoms with Crippen molar-refractivity contribution in [2.45, 2.75) is 37.4 Å². The van der Waals surface area contributed by atoms with Crippen molar-refractivity contribution < 1.29 is 39.3 Å². The van der Waals surface area contributed by atoms with Crippen molar-refractivity contribution >= 4 is 29.7 Å². The Morgan fingerprint density at radius 1 is 0.722 bits per heavy atom. The molecule has 2 aromatic rings. The zero-order valence-corrected chi connectivity index (χ0v) is 19.2. The maximum Gasteiger partial charge on any atom is 0.326 e. The van der Waals surface area contributed by atoms with Crippen LogP contribution in [0.25, 0.3) is 0 Å². The van der Waals surface area contributed by atoms with Crippen LogP contribution in [0.1, 0.15) is 17.5 Å². The maximum atomic E-state index is 13.2. The molecule has 0 saturated heterocycles. The fraction of sp³-hybridized carbons (Fsp3) is 0.292. The monoisotopic (exact) mass is 500 g/mol. The Morgan fingerprint density at radius 2 is 1.22 bits per heavy atom. The van der Waals surface area contributed by atoms with E-state index in [1.165, 1.54) is 24.3 Å². The van der Waals surface area contributed by atoms with Gasteiger partial charge in [0, 0.05) is 12.8 Å². The van der Waals surface area contributed by atoms with Crippen LogP contribution in [0, 0.1) is 0 Å². The lowest BCUT2D eigenvalue weighted by Crippen LogP contribution is -2.57. The summed E-state index contributed by atoms with van der Waals surface area (Å²) in [5.74, 6) is -5.29. The SMILES string of the molecule is NCC(=O)NC(Cc1ccccc1)C(=O)NC(Cc1ccc(O)cc1)C(=O)NC(CC(=O)O)C(=O)O. The average molecular weight is 501 g/mol. The van der Waals surface area contributed by atoms with Gasteiger partial charge in [-0.3, -0.25) is 19.2 Å². The highest BCUT2D eigenvalue weighted by Gasteiger charge is 2.30. The number of nitrogens with one attached hydrogen (secondary N) is 3. The van der Waals surface area contributed by atoms with E-state index in [4.69, 9.17) is 10.8 Å². The highest BCUT2D eigenvalue weighted by Crippen LogP contribution is 2.12. The van der Waals surface area contributed by atoms with E-state index < -0.39 is 54.2 Å². The average Bonchev–Trinajstić information content (AvgIpc) is 2.84. The number of amides is 3. The molecule has 12 heteroatoms. The summed E-state index contributed by atoms with van der Waals surface area (Å²) in [5.41, 5.74) is 6.61. The molecule has 192 valence electrons. The number of carboxylic acid groups (broad SMARTS) is 2. The summed E-state index contributed by atoms with van der Waals surface area (Å²) in [6.45, 7) is -0.370. The zero-order valence-electron chi connectivity index (χ0n) is 19.2. The molecule has 2 aromatic carbocycles. The van der Waals surface area contributed by atoms with Crippen molar-refractivity contribution in [3.63, 3.8) is 0 Å². The van der Waals surface area contributed by atoms with Crippen molar-refractivity contribution in [1.82, 2.24) is 16.0 Å². The van der Waals surface area contributed by atoms with Crippen molar-refractivity contribution in [1.29, 1.82) is 0 Å². The number of phenols is 1. The summed E-state index contributed by atoms with van der Waals surface area (Å²) < 4.78 is 0. The Labute approximate surface area is 206 Å². The minimum Gasteiger partial charge on any atom is -0.508 e. The fourth-order valence-electron chi connectivity index (χ4n) is 3.31. The summed E-state index contributed by atoms with van der Waals surface area (Å²) in [6.07, 6.45) is -0.896. The largest absolute Gasteiger partial charge is 0.508 e. The molecule has 0 aromatic heterocycles. The quantitative estimate of drug-likeness (QED) is 0.182. The number of carboxylic acids is 2. The number of aromatic hydroxyl groups is 1. The van der Waals surface area contributed by atoms with Crippen LogP contribution in [-0.4, -0.2) is 69.7 Å². The highest BCUT2D eigenvalue weighted by atomic mass is 16.4. The smallest absolute Gasteiger partial charge is 0.326 e. The van der Waals surface area contributed by atoms with Gasteiger partial charge in [-0.15, -0.1) is 0 Å². The van der Waals surface area contributed by atoms with Gasteiger partial charge in [0.15, 0.2) is 0 Å². The number of carbonyl (C=O) groups is 5. The van der Waals surface area contributed by atoms with Gasteiger partial charge in [0.1, 0.15) is 23.9 Å². The van der Waals surface area contributed by atoms with Crippen LogP contribution in [0.4, 0.5) is 0 Å². The second-order valence-corrected chi connectivity index (χ2v) is 7.94. The molecule has 0 aliphatic heterocycles. The van der Waals surface area contributed by atoms with Gasteiger partial charge in [0.2, 0.25) is 17.7 Å². The summed E-state index contributed by atoms with van der Waals surface area (Å²) in [7, 11) is 0. The first kappa shape index (κ1) is 27.8. The second kappa shape index (κ2) is 13.4. The molecular weight excluding hydrogens is 472 g/mol. The van der Waals surface area contributed by atoms with Gasteiger partial charge in [-0.25, -0.2) is 4.79 Å². The first-order chi connectivity index (χ1) is 17.1. The molecule has 2 rings (SSSR count). The molecule has 0 fully saturated rings. The number of aliphatic carboxylic acids is 2. The Bertz CT molecular complexity index is 1080. The van der Waals surface area contributed by atoms with E-state index >= 15 is 0 Å². The summed E-state index contributed by atoms with van der Waals surface area (Å²) in [6, 6.07) is 10.4. The van der Waals surface area contributed by atoms with Gasteiger partial charge < -0.3 is 37.0 Å². The maximum absolute atomic E-state index is 13.2. The second-order valence-electron chi connectivity index (χ2n) is 7.94. The molecule has 8 N–H and O–H groups in total. The van der Waals surface area contributed by atoms with E-state index in [1.807, 2.05) is 0 Å². The van der Waals surface area contributed by atoms with Gasteiger partial charge >= 0.3 is 11.9 Å². The lowest BCUT2D eigenvalue weighted by Gasteiger charge is -2.24. The summed E-state index contributed by atoms with van der Waals surface area (Å²) in [4.78, 5) is 60.5. The Morgan fingerprint density at radius 3 is 1.72 bits per heavy atom. The lowest BCUT2D eigenvalue weighted by atomic mass is 10.0. The number of phenolic OH excluding ortho intramolecular Hbond substituents is 1. The van der Waals surface area contributed by atoms with Crippen molar-refractivity contribution in [2.24, 2.45) is 5.73 Å². The molecule has 0 bridgehead atoms. The van der Waals surface area contributed by atoms with Crippen LogP contribution in [-0.2, 0) is 36.8 Å². The molecule has 0 spiro atoms. The number of hydrogen-bond acceptors (Lipinski definition) is 7. The predicted molar refractivity (Wildman–Crippen MR) is 127 cm³/mol. The van der Waals surface area contributed by atoms with Crippen LogP contribution in [0.3, 0.4) is 0 Å². The third-order valence-corrected chi connectivity index (χ3v) is 5.12. The van der Waals surface area contributed by atoms with E-state index in [0.717, 1.165) is 5.56 Å². The van der Waals surface area contributed by atoms with E-state index in [-0.39, 0.29) is 25.1 Å². The van der Waals surface area contributed by atoms with Gasteiger partial charge in [0.25, 0.3) is 0 Å². The van der Waals surface area contributed by atoms with E-state index in [0.29, 0.717) is 5.56 Å². The van der Waals surface area contributed by atoms with Gasteiger partial charge in [-0.1, -0.05) is 42.5 Å². The van der Waals surface area contributed by atoms with E-state index in [1.54, 1.807) is 30.3 Å². The fourth-order valence-corrected chi connectivity index (χ4v) is 3.31. The van der Waals surface area contributed by atoms with Gasteiger partial charge in [-0.05, 0) is 23.3 Å². The van der Waals surface area contributed by atoms with Crippen molar-refractivity contribution in [3.8, 4) is 5.75 Å². The molecule has 3 atom stereocenters. The first-order valence-corrected chi connectivity index (χ1v) is 11.0. The molecule has 3 unspecified atom stereocenters. The number of nitrogens with two attached hydrogens (primary N) is 1. The number of benzene rings is 2. The zero-order chi connectivity index (χ0) is 26.7. The Kier molecular flexibility index (Phi) is 10.4. The molecular formula is C24H28N4O8. The third kappa shape index (κ3) is 9.06. The van der Waals surface area contributed by atoms with Crippen LogP contribution in [0.15, 0.2) is 54.6 Å². The molecule has 36 heavy (non-hydrogen) atoms. The summed E-state index contributed by atoms with van der Waals surface area (Å²) >= 11 is 0. The Balaban J connectivity index is 2.28. The normalized spacial score (nSPS) is 13.0. The van der Waals surface area contributed by atoms with E-state index in [2.05, 4.69) is 16.0 Å². The van der Waals surface area contributed by atoms with E-state index in [9.17, 15) is 34.2 Å². The minimum atomic E-state index is -1.73. The first-order valence-electron chi connectivity index (χ1n) is 11.0. The number of rotatable bonds is 13. The number of hydrogen-bond donors (Lipinski definition) is 7. The van der Waals surface area contributed by atoms with Crippen molar-refractivity contribution in [2.75, 3.05) is 6.54 Å². The van der Waals surface area contributed by atoms with Crippen LogP contribution < -0.4 is 21.7 Å². The molecule has 0 radical (unpaired) electrons. The summed E-state index contributed by atoms with van der Waals surface area (Å²) in [5, 5.41) is 34.9. The minimum absolute atomic E-state index is 0.0244. The van der Waals surface area contributed by atoms with Crippen LogP contribution >= 0.6 is 0 Å². The number of carbonyl (C=O) groups excluding carboxylic acids is 3. The molecule has 12 nitrogen and oxygen atoms in total. The molecule has 3 amide bonds. The third-order valence-electron chi connectivity index (χ3n) is 5.12. The standard InChI is InChI=1S/C24H28N4O8/c25-13-20(30)26-17(10-14-4-2-1-3-5-14)22(33)27-18(11-15-6-8-16(29)9-7-15)23(34)28-19(24(35)36)12-21(31)32/h1-9,17-19,29H,10-13,25H2,(H,26,30)(H,27,33)(H,28,34)(H,31,32)(H,35,36). The Hall–Kier alpha value is -4.45. The van der Waals surface area contributed by atoms with Crippen LogP contribution in [0.2, 0.25) is 0 Å². The van der Waals surface area contributed by atoms with Crippen LogP contribution in [0.5, 0.6) is 5.75 Å². The van der Waals surface area contributed by atoms with Gasteiger partial charge in [0.05, 0.1) is 13.0 Å². The molecule has 0 saturated carbocycles. The topological polar surface area (TPSA) is 208 Å². The highest BCUT2D eigenvalue weighted by molar-refractivity contribution is 5.94. The van der Waals surface area contributed by atoms with Gasteiger partial charge in [-0.2, -0.15) is 0 Å². The predicted octanol–water partition coefficient (Wildman–Crippen LogP) is -0.850. The van der Waals surface area contributed by atoms with Crippen molar-refractivity contribution in [3.05, 3.63) is 65.7 Å².